The lowest BCUT2D eigenvalue weighted by Gasteiger charge is -2.42. The van der Waals surface area contributed by atoms with E-state index in [9.17, 15) is 14.4 Å². The van der Waals surface area contributed by atoms with Crippen molar-refractivity contribution in [3.8, 4) is 0 Å². The zero-order valence-corrected chi connectivity index (χ0v) is 16.1. The number of rotatable bonds is 11. The van der Waals surface area contributed by atoms with Crippen molar-refractivity contribution >= 4 is 7.60 Å². The highest BCUT2D eigenvalue weighted by Gasteiger charge is 2.51. The minimum Gasteiger partial charge on any atom is -0.350 e. The summed E-state index contributed by atoms with van der Waals surface area (Å²) in [6.07, 6.45) is 1.32. The van der Waals surface area contributed by atoms with Gasteiger partial charge in [0, 0.05) is 19.6 Å². The molecule has 0 saturated heterocycles. The lowest BCUT2D eigenvalue weighted by molar-refractivity contribution is -0.243. The molecular formula is C18H31O5P. The molecular weight excluding hydrogens is 327 g/mol. The van der Waals surface area contributed by atoms with E-state index in [-0.39, 0.29) is 12.8 Å². The Kier molecular flexibility index (Phi) is 8.10. The summed E-state index contributed by atoms with van der Waals surface area (Å²) in [4.78, 5) is 20.4. The molecule has 1 unspecified atom stereocenters. The maximum atomic E-state index is 12.5. The van der Waals surface area contributed by atoms with Crippen LogP contribution in [0.5, 0.6) is 0 Å². The van der Waals surface area contributed by atoms with E-state index in [0.717, 1.165) is 5.56 Å². The number of ether oxygens (including phenoxy) is 2. The van der Waals surface area contributed by atoms with Crippen molar-refractivity contribution in [1.29, 1.82) is 0 Å². The Labute approximate surface area is 145 Å². The van der Waals surface area contributed by atoms with Gasteiger partial charge in [-0.3, -0.25) is 4.57 Å². The van der Waals surface area contributed by atoms with Crippen LogP contribution in [0.2, 0.25) is 0 Å². The predicted octanol–water partition coefficient (Wildman–Crippen LogP) is 4.13. The molecule has 0 bridgehead atoms. The molecule has 1 aromatic rings. The molecule has 138 valence electrons. The minimum atomic E-state index is -4.39. The van der Waals surface area contributed by atoms with Crippen LogP contribution in [0.25, 0.3) is 0 Å². The third-order valence-corrected chi connectivity index (χ3v) is 6.47. The zero-order valence-electron chi connectivity index (χ0n) is 15.2. The molecule has 0 heterocycles. The summed E-state index contributed by atoms with van der Waals surface area (Å²) >= 11 is 0. The molecule has 0 aliphatic rings. The first-order chi connectivity index (χ1) is 11.3. The summed E-state index contributed by atoms with van der Waals surface area (Å²) in [5.41, 5.74) is 0.903. The Hall–Kier alpha value is -0.710. The van der Waals surface area contributed by atoms with E-state index in [1.165, 1.54) is 0 Å². The van der Waals surface area contributed by atoms with Crippen LogP contribution in [0.4, 0.5) is 0 Å². The third-order valence-electron chi connectivity index (χ3n) is 4.60. The van der Waals surface area contributed by atoms with Crippen molar-refractivity contribution in [3.63, 3.8) is 0 Å². The molecule has 2 N–H and O–H groups in total. The maximum absolute atomic E-state index is 12.5. The van der Waals surface area contributed by atoms with Crippen LogP contribution in [-0.2, 0) is 20.5 Å². The summed E-state index contributed by atoms with van der Waals surface area (Å²) in [5.74, 6) is -0.977. The first-order valence-corrected chi connectivity index (χ1v) is 10.3. The number of benzene rings is 1. The molecule has 0 aliphatic carbocycles. The molecule has 1 aromatic carbocycles. The molecule has 1 atom stereocenters. The molecule has 24 heavy (non-hydrogen) atoms. The average molecular weight is 358 g/mol. The Balaban J connectivity index is 3.28. The van der Waals surface area contributed by atoms with E-state index >= 15 is 0 Å². The highest BCUT2D eigenvalue weighted by atomic mass is 31.2. The van der Waals surface area contributed by atoms with Gasteiger partial charge in [0.2, 0.25) is 0 Å². The summed E-state index contributed by atoms with van der Waals surface area (Å²) in [6.45, 7) is 8.34. The van der Waals surface area contributed by atoms with Gasteiger partial charge in [-0.25, -0.2) is 0 Å². The van der Waals surface area contributed by atoms with Crippen molar-refractivity contribution in [2.75, 3.05) is 13.2 Å². The van der Waals surface area contributed by atoms with Gasteiger partial charge in [0.15, 0.2) is 5.79 Å². The molecule has 6 heteroatoms. The number of hydrogen-bond donors (Lipinski definition) is 2. The second-order valence-corrected chi connectivity index (χ2v) is 8.13. The lowest BCUT2D eigenvalue weighted by atomic mass is 9.87. The fourth-order valence-corrected chi connectivity index (χ4v) is 4.45. The lowest BCUT2D eigenvalue weighted by Crippen LogP contribution is -2.46. The van der Waals surface area contributed by atoms with Gasteiger partial charge < -0.3 is 19.3 Å². The number of hydrogen-bond acceptors (Lipinski definition) is 3. The van der Waals surface area contributed by atoms with Crippen LogP contribution in [-0.4, -0.2) is 33.9 Å². The van der Waals surface area contributed by atoms with Crippen LogP contribution >= 0.6 is 7.60 Å². The Morgan fingerprint density at radius 1 is 0.958 bits per heavy atom. The van der Waals surface area contributed by atoms with E-state index < -0.39 is 18.5 Å². The molecule has 0 fully saturated rings. The van der Waals surface area contributed by atoms with E-state index in [1.807, 2.05) is 58.0 Å². The van der Waals surface area contributed by atoms with Crippen LogP contribution in [0.1, 0.15) is 52.5 Å². The second kappa shape index (κ2) is 9.12. The second-order valence-electron chi connectivity index (χ2n) is 6.09. The molecule has 0 aromatic heterocycles. The van der Waals surface area contributed by atoms with Gasteiger partial charge in [-0.15, -0.1) is 0 Å². The van der Waals surface area contributed by atoms with Crippen molar-refractivity contribution in [2.24, 2.45) is 0 Å². The smallest absolute Gasteiger partial charge is 0.332 e. The van der Waals surface area contributed by atoms with Gasteiger partial charge in [0.1, 0.15) is 0 Å². The van der Waals surface area contributed by atoms with Crippen molar-refractivity contribution in [2.45, 2.75) is 64.3 Å². The summed E-state index contributed by atoms with van der Waals surface area (Å²) in [6, 6.07) is 9.45. The molecule has 0 amide bonds. The van der Waals surface area contributed by atoms with Crippen LogP contribution < -0.4 is 0 Å². The van der Waals surface area contributed by atoms with E-state index in [2.05, 4.69) is 0 Å². The molecule has 0 aliphatic heterocycles. The van der Waals surface area contributed by atoms with E-state index in [4.69, 9.17) is 9.47 Å². The molecule has 0 radical (unpaired) electrons. The van der Waals surface area contributed by atoms with Gasteiger partial charge in [-0.05, 0) is 38.7 Å². The van der Waals surface area contributed by atoms with Crippen LogP contribution in [0, 0.1) is 0 Å². The molecule has 5 nitrogen and oxygen atoms in total. The first kappa shape index (κ1) is 21.3. The Morgan fingerprint density at radius 3 is 1.88 bits per heavy atom. The van der Waals surface area contributed by atoms with Crippen LogP contribution in [0.3, 0.4) is 0 Å². The largest absolute Gasteiger partial charge is 0.350 e. The van der Waals surface area contributed by atoms with E-state index in [0.29, 0.717) is 26.1 Å². The monoisotopic (exact) mass is 358 g/mol. The fourth-order valence-electron chi connectivity index (χ4n) is 3.20. The Morgan fingerprint density at radius 2 is 1.50 bits per heavy atom. The SMILES string of the molecule is CCOC(CC)(CC(CC)(Cc1ccccc1)P(=O)(O)O)OCC. The van der Waals surface area contributed by atoms with E-state index in [1.54, 1.807) is 0 Å². The Bertz CT molecular complexity index is 521. The molecule has 1 rings (SSSR count). The van der Waals surface area contributed by atoms with Crippen molar-refractivity contribution in [3.05, 3.63) is 35.9 Å². The minimum absolute atomic E-state index is 0.161. The van der Waals surface area contributed by atoms with Crippen molar-refractivity contribution < 1.29 is 23.8 Å². The fraction of sp³-hybridized carbons (Fsp3) is 0.667. The highest BCUT2D eigenvalue weighted by molar-refractivity contribution is 7.53. The van der Waals surface area contributed by atoms with Gasteiger partial charge in [-0.1, -0.05) is 44.2 Å². The van der Waals surface area contributed by atoms with Gasteiger partial charge >= 0.3 is 7.60 Å². The average Bonchev–Trinajstić information content (AvgIpc) is 2.54. The summed E-state index contributed by atoms with van der Waals surface area (Å²) in [5, 5.41) is -1.21. The quantitative estimate of drug-likeness (QED) is 0.460. The third kappa shape index (κ3) is 5.14. The van der Waals surface area contributed by atoms with Crippen molar-refractivity contribution in [1.82, 2.24) is 0 Å². The zero-order chi connectivity index (χ0) is 18.3. The normalized spacial score (nSPS) is 15.2. The van der Waals surface area contributed by atoms with Crippen LogP contribution in [0.15, 0.2) is 30.3 Å². The van der Waals surface area contributed by atoms with Gasteiger partial charge in [-0.2, -0.15) is 0 Å². The first-order valence-electron chi connectivity index (χ1n) is 8.65. The molecule has 0 spiro atoms. The maximum Gasteiger partial charge on any atom is 0.332 e. The van der Waals surface area contributed by atoms with Gasteiger partial charge in [0.25, 0.3) is 0 Å². The standard InChI is InChI=1S/C18H31O5P/c1-5-17(24(19,20)21,14-16-12-10-9-11-13-16)15-18(6-2,22-7-3)23-8-4/h9-13H,5-8,14-15H2,1-4H3,(H2,19,20,21). The molecule has 0 saturated carbocycles. The van der Waals surface area contributed by atoms with Gasteiger partial charge in [0.05, 0.1) is 5.16 Å². The highest BCUT2D eigenvalue weighted by Crippen LogP contribution is 2.58. The topological polar surface area (TPSA) is 76.0 Å². The predicted molar refractivity (Wildman–Crippen MR) is 96.1 cm³/mol. The summed E-state index contributed by atoms with van der Waals surface area (Å²) < 4.78 is 24.2. The summed E-state index contributed by atoms with van der Waals surface area (Å²) in [7, 11) is -4.39.